The van der Waals surface area contributed by atoms with E-state index in [1.54, 1.807) is 24.3 Å². The van der Waals surface area contributed by atoms with Gasteiger partial charge in [-0.25, -0.2) is 4.85 Å². The van der Waals surface area contributed by atoms with E-state index in [1.165, 1.54) is 0 Å². The smallest absolute Gasteiger partial charge is 0.358 e. The second-order valence-corrected chi connectivity index (χ2v) is 6.85. The molecule has 0 saturated carbocycles. The van der Waals surface area contributed by atoms with Gasteiger partial charge in [-0.15, -0.1) is 0 Å². The van der Waals surface area contributed by atoms with Gasteiger partial charge in [-0.1, -0.05) is 54.6 Å². The van der Waals surface area contributed by atoms with Gasteiger partial charge in [0, 0.05) is 12.2 Å². The molecule has 3 aromatic carbocycles. The summed E-state index contributed by atoms with van der Waals surface area (Å²) >= 11 is 0. The van der Waals surface area contributed by atoms with E-state index in [9.17, 15) is 26.3 Å². The lowest BCUT2D eigenvalue weighted by atomic mass is 10.0. The second kappa shape index (κ2) is 8.72. The van der Waals surface area contributed by atoms with E-state index >= 15 is 0 Å². The Kier molecular flexibility index (Phi) is 6.25. The van der Waals surface area contributed by atoms with Gasteiger partial charge in [0.05, 0.1) is 12.1 Å². The summed E-state index contributed by atoms with van der Waals surface area (Å²) in [5, 5.41) is 0. The highest BCUT2D eigenvalue weighted by Gasteiger charge is 2.35. The van der Waals surface area contributed by atoms with Crippen molar-refractivity contribution in [3.63, 3.8) is 0 Å². The number of hydrogen-bond acceptors (Lipinski definition) is 1. The molecule has 0 radical (unpaired) electrons. The molecule has 0 N–H and O–H groups in total. The minimum absolute atomic E-state index is 0.255. The molecule has 3 aromatic rings. The molecule has 2 nitrogen and oxygen atoms in total. The fourth-order valence-electron chi connectivity index (χ4n) is 3.20. The van der Waals surface area contributed by atoms with Crippen molar-refractivity contribution in [2.75, 3.05) is 11.4 Å². The Morgan fingerprint density at radius 1 is 0.774 bits per heavy atom. The molecule has 0 aliphatic heterocycles. The lowest BCUT2D eigenvalue weighted by Crippen LogP contribution is -2.34. The maximum absolute atomic E-state index is 13.3. The third-order valence-electron chi connectivity index (χ3n) is 4.55. The zero-order valence-corrected chi connectivity index (χ0v) is 16.0. The minimum Gasteiger partial charge on any atom is -0.358 e. The van der Waals surface area contributed by atoms with Gasteiger partial charge in [0.15, 0.2) is 5.69 Å². The molecule has 0 bridgehead atoms. The van der Waals surface area contributed by atoms with Gasteiger partial charge in [0.25, 0.3) is 0 Å². The van der Waals surface area contributed by atoms with Crippen LogP contribution in [0.1, 0.15) is 11.1 Å². The molecule has 0 heterocycles. The first-order valence-corrected chi connectivity index (χ1v) is 9.11. The second-order valence-electron chi connectivity index (χ2n) is 6.85. The van der Waals surface area contributed by atoms with E-state index in [1.807, 2.05) is 30.3 Å². The van der Waals surface area contributed by atoms with Gasteiger partial charge in [0.1, 0.15) is 6.54 Å². The fourth-order valence-corrected chi connectivity index (χ4v) is 3.20. The highest BCUT2D eigenvalue weighted by Crippen LogP contribution is 2.39. The van der Waals surface area contributed by atoms with E-state index in [2.05, 4.69) is 4.85 Å². The molecule has 0 aromatic heterocycles. The highest BCUT2D eigenvalue weighted by atomic mass is 19.4. The third-order valence-corrected chi connectivity index (χ3v) is 4.55. The molecule has 0 spiro atoms. The maximum atomic E-state index is 13.3. The van der Waals surface area contributed by atoms with Gasteiger partial charge in [-0.05, 0) is 34.9 Å². The molecule has 0 unspecified atom stereocenters. The predicted molar refractivity (Wildman–Crippen MR) is 107 cm³/mol. The number of anilines is 1. The van der Waals surface area contributed by atoms with Crippen LogP contribution in [-0.2, 0) is 12.7 Å². The van der Waals surface area contributed by atoms with Crippen LogP contribution in [0.4, 0.5) is 37.7 Å². The lowest BCUT2D eigenvalue weighted by molar-refractivity contribution is -0.136. The number of halogens is 6. The molecule has 0 aliphatic carbocycles. The molecule has 31 heavy (non-hydrogen) atoms. The van der Waals surface area contributed by atoms with Crippen molar-refractivity contribution in [1.29, 1.82) is 0 Å². The van der Waals surface area contributed by atoms with Crippen LogP contribution < -0.4 is 4.90 Å². The Morgan fingerprint density at radius 2 is 1.45 bits per heavy atom. The third kappa shape index (κ3) is 5.79. The Hall–Kier alpha value is -3.47. The molecule has 0 amide bonds. The largest absolute Gasteiger partial charge is 0.407 e. The molecule has 3 rings (SSSR count). The van der Waals surface area contributed by atoms with E-state index < -0.39 is 30.1 Å². The van der Waals surface area contributed by atoms with Crippen molar-refractivity contribution in [3.05, 3.63) is 95.3 Å². The summed E-state index contributed by atoms with van der Waals surface area (Å²) < 4.78 is 79.5. The van der Waals surface area contributed by atoms with E-state index in [0.29, 0.717) is 11.6 Å². The summed E-state index contributed by atoms with van der Waals surface area (Å²) in [6.07, 6.45) is -9.49. The van der Waals surface area contributed by atoms with Crippen molar-refractivity contribution in [2.24, 2.45) is 0 Å². The Bertz CT molecular complexity index is 1080. The van der Waals surface area contributed by atoms with Crippen LogP contribution in [0.5, 0.6) is 0 Å². The van der Waals surface area contributed by atoms with E-state index in [-0.39, 0.29) is 12.2 Å². The normalized spacial score (nSPS) is 11.8. The summed E-state index contributed by atoms with van der Waals surface area (Å²) in [5.41, 5.74) is -0.0213. The Balaban J connectivity index is 1.99. The maximum Gasteiger partial charge on any atom is 0.407 e. The van der Waals surface area contributed by atoms with E-state index in [0.717, 1.165) is 28.2 Å². The molecule has 0 fully saturated rings. The van der Waals surface area contributed by atoms with Gasteiger partial charge >= 0.3 is 12.4 Å². The highest BCUT2D eigenvalue weighted by molar-refractivity contribution is 5.65. The average molecular weight is 434 g/mol. The van der Waals surface area contributed by atoms with Crippen molar-refractivity contribution in [1.82, 2.24) is 0 Å². The van der Waals surface area contributed by atoms with Crippen LogP contribution in [0.2, 0.25) is 0 Å². The number of nitrogens with zero attached hydrogens (tertiary/aromatic N) is 2. The van der Waals surface area contributed by atoms with Crippen LogP contribution >= 0.6 is 0 Å². The number of rotatable bonds is 5. The van der Waals surface area contributed by atoms with Crippen LogP contribution in [-0.4, -0.2) is 12.7 Å². The molecular weight excluding hydrogens is 418 g/mol. The van der Waals surface area contributed by atoms with E-state index in [4.69, 9.17) is 6.57 Å². The Morgan fingerprint density at radius 3 is 2.06 bits per heavy atom. The summed E-state index contributed by atoms with van der Waals surface area (Å²) in [7, 11) is 0. The van der Waals surface area contributed by atoms with Crippen LogP contribution in [0, 0.1) is 6.57 Å². The quantitative estimate of drug-likeness (QED) is 0.298. The van der Waals surface area contributed by atoms with Crippen LogP contribution in [0.15, 0.2) is 72.8 Å². The standard InChI is InChI=1S/C23H16F6N2/c1-30-21-11-10-19(13-20(21)23(27,28)29)31(15-22(24,25)26)14-16-6-5-9-18(12-16)17-7-3-2-4-8-17/h2-13H,14-15H2. The first-order chi connectivity index (χ1) is 14.6. The molecule has 8 heteroatoms. The van der Waals surface area contributed by atoms with Gasteiger partial charge in [0.2, 0.25) is 0 Å². The summed E-state index contributed by atoms with van der Waals surface area (Å²) in [6.45, 7) is 5.21. The predicted octanol–water partition coefficient (Wildman–Crippen LogP) is 7.49. The molecule has 0 aliphatic rings. The topological polar surface area (TPSA) is 7.60 Å². The number of alkyl halides is 6. The van der Waals surface area contributed by atoms with Crippen molar-refractivity contribution < 1.29 is 26.3 Å². The number of hydrogen-bond donors (Lipinski definition) is 0. The average Bonchev–Trinajstić information content (AvgIpc) is 2.72. The Labute approximate surface area is 175 Å². The van der Waals surface area contributed by atoms with Crippen molar-refractivity contribution in [2.45, 2.75) is 18.9 Å². The van der Waals surface area contributed by atoms with Gasteiger partial charge in [-0.2, -0.15) is 26.3 Å². The molecular formula is C23H16F6N2. The summed E-state index contributed by atoms with van der Waals surface area (Å²) in [4.78, 5) is 3.66. The minimum atomic E-state index is -4.85. The molecule has 160 valence electrons. The zero-order chi connectivity index (χ0) is 22.6. The molecule has 0 saturated heterocycles. The fraction of sp³-hybridized carbons (Fsp3) is 0.174. The summed E-state index contributed by atoms with van der Waals surface area (Å²) in [6, 6.07) is 18.6. The molecule has 0 atom stereocenters. The van der Waals surface area contributed by atoms with Crippen molar-refractivity contribution in [3.8, 4) is 11.1 Å². The SMILES string of the molecule is [C-]#[N+]c1ccc(N(Cc2cccc(-c3ccccc3)c2)CC(F)(F)F)cc1C(F)(F)F. The summed E-state index contributed by atoms with van der Waals surface area (Å²) in [5.74, 6) is 0. The van der Waals surface area contributed by atoms with Crippen molar-refractivity contribution >= 4 is 11.4 Å². The van der Waals surface area contributed by atoms with Crippen LogP contribution in [0.3, 0.4) is 0 Å². The van der Waals surface area contributed by atoms with Gasteiger partial charge in [-0.3, -0.25) is 0 Å². The van der Waals surface area contributed by atoms with Crippen LogP contribution in [0.25, 0.3) is 16.0 Å². The first kappa shape index (κ1) is 22.2. The van der Waals surface area contributed by atoms with Gasteiger partial charge < -0.3 is 4.90 Å². The zero-order valence-electron chi connectivity index (χ0n) is 16.0. The monoisotopic (exact) mass is 434 g/mol. The first-order valence-electron chi connectivity index (χ1n) is 9.11. The number of benzene rings is 3. The lowest BCUT2D eigenvalue weighted by Gasteiger charge is -2.27.